The molecule has 0 spiro atoms. The van der Waals surface area contributed by atoms with Gasteiger partial charge in [0.25, 0.3) is 0 Å². The Bertz CT molecular complexity index is 423. The third-order valence-electron chi connectivity index (χ3n) is 3.40. The number of esters is 1. The van der Waals surface area contributed by atoms with Crippen LogP contribution in [0.3, 0.4) is 0 Å². The van der Waals surface area contributed by atoms with Crippen LogP contribution in [0.5, 0.6) is 0 Å². The number of aryl methyl sites for hydroxylation is 1. The Labute approximate surface area is 96.6 Å². The van der Waals surface area contributed by atoms with E-state index in [1.54, 1.807) is 0 Å². The number of carbonyl (C=O) groups excluding carboxylic acids is 1. The second kappa shape index (κ2) is 3.93. The zero-order valence-corrected chi connectivity index (χ0v) is 10.2. The third-order valence-corrected chi connectivity index (χ3v) is 3.40. The molecular weight excluding hydrogens is 200 g/mol. The molecule has 0 aliphatic heterocycles. The minimum absolute atomic E-state index is 0.0449. The molecule has 0 saturated carbocycles. The molecule has 0 saturated heterocycles. The van der Waals surface area contributed by atoms with Crippen LogP contribution < -0.4 is 0 Å². The van der Waals surface area contributed by atoms with E-state index in [-0.39, 0.29) is 11.4 Å². The van der Waals surface area contributed by atoms with E-state index in [0.29, 0.717) is 6.42 Å². The first-order valence-corrected chi connectivity index (χ1v) is 5.68. The van der Waals surface area contributed by atoms with Gasteiger partial charge in [0.2, 0.25) is 0 Å². The number of hydrogen-bond acceptors (Lipinski definition) is 2. The molecular formula is C14H18O2. The zero-order chi connectivity index (χ0) is 11.8. The highest BCUT2D eigenvalue weighted by Crippen LogP contribution is 2.39. The Hall–Kier alpha value is -1.31. The van der Waals surface area contributed by atoms with Gasteiger partial charge < -0.3 is 4.74 Å². The van der Waals surface area contributed by atoms with E-state index in [0.717, 1.165) is 12.8 Å². The molecule has 0 bridgehead atoms. The van der Waals surface area contributed by atoms with Crippen molar-refractivity contribution in [1.29, 1.82) is 0 Å². The first kappa shape index (κ1) is 11.2. The Kier molecular flexibility index (Phi) is 2.75. The van der Waals surface area contributed by atoms with Crippen molar-refractivity contribution in [2.24, 2.45) is 5.41 Å². The predicted molar refractivity (Wildman–Crippen MR) is 63.3 cm³/mol. The van der Waals surface area contributed by atoms with Crippen LogP contribution in [0.15, 0.2) is 18.2 Å². The zero-order valence-electron chi connectivity index (χ0n) is 10.2. The molecule has 1 aliphatic rings. The molecule has 1 atom stereocenters. The summed E-state index contributed by atoms with van der Waals surface area (Å²) in [7, 11) is 1.46. The van der Waals surface area contributed by atoms with E-state index < -0.39 is 0 Å². The Morgan fingerprint density at radius 3 is 2.75 bits per heavy atom. The summed E-state index contributed by atoms with van der Waals surface area (Å²) in [6.07, 6.45) is 2.48. The lowest BCUT2D eigenvalue weighted by Crippen LogP contribution is -2.22. The van der Waals surface area contributed by atoms with E-state index in [1.165, 1.54) is 23.8 Å². The molecule has 2 heteroatoms. The van der Waals surface area contributed by atoms with Gasteiger partial charge in [-0.2, -0.15) is 0 Å². The molecule has 0 amide bonds. The van der Waals surface area contributed by atoms with Crippen LogP contribution >= 0.6 is 0 Å². The monoisotopic (exact) mass is 218 g/mol. The molecule has 1 aromatic rings. The maximum absolute atomic E-state index is 11.4. The van der Waals surface area contributed by atoms with E-state index in [1.807, 2.05) is 0 Å². The number of benzene rings is 1. The second-order valence-corrected chi connectivity index (χ2v) is 5.19. The van der Waals surface area contributed by atoms with Crippen molar-refractivity contribution in [1.82, 2.24) is 0 Å². The van der Waals surface area contributed by atoms with Crippen LogP contribution in [-0.2, 0) is 22.4 Å². The number of methoxy groups -OCH3 is 1. The fraction of sp³-hybridized carbons (Fsp3) is 0.500. The molecule has 0 radical (unpaired) electrons. The van der Waals surface area contributed by atoms with Gasteiger partial charge in [0.1, 0.15) is 0 Å². The van der Waals surface area contributed by atoms with Gasteiger partial charge in [-0.25, -0.2) is 0 Å². The van der Waals surface area contributed by atoms with Crippen LogP contribution in [0.2, 0.25) is 0 Å². The fourth-order valence-electron chi connectivity index (χ4n) is 2.62. The molecule has 0 heterocycles. The van der Waals surface area contributed by atoms with E-state index in [9.17, 15) is 4.79 Å². The molecule has 16 heavy (non-hydrogen) atoms. The second-order valence-electron chi connectivity index (χ2n) is 5.19. The summed E-state index contributed by atoms with van der Waals surface area (Å²) in [5.41, 5.74) is 4.12. The van der Waals surface area contributed by atoms with Gasteiger partial charge >= 0.3 is 5.97 Å². The SMILES string of the molecule is COC(=O)CC1(C)Cc2ccc(C)cc2C1. The lowest BCUT2D eigenvalue weighted by atomic mass is 9.84. The highest BCUT2D eigenvalue weighted by atomic mass is 16.5. The molecule has 0 N–H and O–H groups in total. The van der Waals surface area contributed by atoms with Gasteiger partial charge in [-0.1, -0.05) is 30.7 Å². The first-order chi connectivity index (χ1) is 7.52. The van der Waals surface area contributed by atoms with Gasteiger partial charge in [0.05, 0.1) is 13.5 Å². The van der Waals surface area contributed by atoms with Crippen LogP contribution in [-0.4, -0.2) is 13.1 Å². The molecule has 0 aromatic heterocycles. The van der Waals surface area contributed by atoms with Crippen LogP contribution in [0, 0.1) is 12.3 Å². The Morgan fingerprint density at radius 1 is 1.38 bits per heavy atom. The number of ether oxygens (including phenoxy) is 1. The Morgan fingerprint density at radius 2 is 2.06 bits per heavy atom. The van der Waals surface area contributed by atoms with E-state index >= 15 is 0 Å². The lowest BCUT2D eigenvalue weighted by Gasteiger charge is -2.21. The first-order valence-electron chi connectivity index (χ1n) is 5.68. The van der Waals surface area contributed by atoms with Gasteiger partial charge in [-0.3, -0.25) is 4.79 Å². The van der Waals surface area contributed by atoms with Crippen LogP contribution in [0.1, 0.15) is 30.0 Å². The molecule has 1 aromatic carbocycles. The quantitative estimate of drug-likeness (QED) is 0.713. The molecule has 86 valence electrons. The minimum atomic E-state index is -0.105. The topological polar surface area (TPSA) is 26.3 Å². The van der Waals surface area contributed by atoms with Gasteiger partial charge in [0, 0.05) is 0 Å². The standard InChI is InChI=1S/C14H18O2/c1-10-4-5-11-7-14(2,8-12(11)6-10)9-13(15)16-3/h4-6H,7-9H2,1-3H3. The summed E-state index contributed by atoms with van der Waals surface area (Å²) < 4.78 is 4.76. The Balaban J connectivity index is 2.17. The van der Waals surface area contributed by atoms with Crippen molar-refractivity contribution >= 4 is 5.97 Å². The maximum atomic E-state index is 11.4. The molecule has 1 aliphatic carbocycles. The van der Waals surface area contributed by atoms with E-state index in [4.69, 9.17) is 4.74 Å². The average Bonchev–Trinajstić information content (AvgIpc) is 2.53. The van der Waals surface area contributed by atoms with E-state index in [2.05, 4.69) is 32.0 Å². The van der Waals surface area contributed by atoms with Crippen LogP contribution in [0.4, 0.5) is 0 Å². The van der Waals surface area contributed by atoms with Crippen molar-refractivity contribution in [2.45, 2.75) is 33.1 Å². The molecule has 0 fully saturated rings. The number of carbonyl (C=O) groups is 1. The summed E-state index contributed by atoms with van der Waals surface area (Å²) in [6, 6.07) is 6.56. The largest absolute Gasteiger partial charge is 0.469 e. The maximum Gasteiger partial charge on any atom is 0.306 e. The van der Waals surface area contributed by atoms with Gasteiger partial charge in [-0.15, -0.1) is 0 Å². The summed E-state index contributed by atoms with van der Waals surface area (Å²) >= 11 is 0. The average molecular weight is 218 g/mol. The normalized spacial score (nSPS) is 22.9. The molecule has 2 rings (SSSR count). The highest BCUT2D eigenvalue weighted by molar-refractivity contribution is 5.70. The van der Waals surface area contributed by atoms with Gasteiger partial charge in [-0.05, 0) is 36.3 Å². The summed E-state index contributed by atoms with van der Waals surface area (Å²) in [4.78, 5) is 11.4. The summed E-state index contributed by atoms with van der Waals surface area (Å²) in [5, 5.41) is 0. The van der Waals surface area contributed by atoms with Crippen molar-refractivity contribution < 1.29 is 9.53 Å². The van der Waals surface area contributed by atoms with Gasteiger partial charge in [0.15, 0.2) is 0 Å². The number of hydrogen-bond donors (Lipinski definition) is 0. The lowest BCUT2D eigenvalue weighted by molar-refractivity contribution is -0.143. The summed E-state index contributed by atoms with van der Waals surface area (Å²) in [5.74, 6) is -0.105. The number of fused-ring (bicyclic) bond motifs is 1. The van der Waals surface area contributed by atoms with Crippen molar-refractivity contribution in [3.8, 4) is 0 Å². The molecule has 1 unspecified atom stereocenters. The minimum Gasteiger partial charge on any atom is -0.469 e. The smallest absolute Gasteiger partial charge is 0.306 e. The molecule has 2 nitrogen and oxygen atoms in total. The third kappa shape index (κ3) is 2.11. The van der Waals surface area contributed by atoms with Crippen molar-refractivity contribution in [3.05, 3.63) is 34.9 Å². The van der Waals surface area contributed by atoms with Crippen molar-refractivity contribution in [3.63, 3.8) is 0 Å². The summed E-state index contributed by atoms with van der Waals surface area (Å²) in [6.45, 7) is 4.27. The fourth-order valence-corrected chi connectivity index (χ4v) is 2.62. The predicted octanol–water partition coefficient (Wildman–Crippen LogP) is 2.66. The highest BCUT2D eigenvalue weighted by Gasteiger charge is 2.35. The van der Waals surface area contributed by atoms with Crippen LogP contribution in [0.25, 0.3) is 0 Å². The van der Waals surface area contributed by atoms with Crippen molar-refractivity contribution in [2.75, 3.05) is 7.11 Å². The number of rotatable bonds is 2.